The first kappa shape index (κ1) is 11.9. The van der Waals surface area contributed by atoms with Crippen LogP contribution in [0.3, 0.4) is 0 Å². The van der Waals surface area contributed by atoms with Crippen LogP contribution in [-0.4, -0.2) is 19.0 Å². The Balaban J connectivity index is 2.10. The molecule has 0 unspecified atom stereocenters. The van der Waals surface area contributed by atoms with Crippen molar-refractivity contribution in [1.29, 1.82) is 0 Å². The van der Waals surface area contributed by atoms with E-state index >= 15 is 0 Å². The summed E-state index contributed by atoms with van der Waals surface area (Å²) in [6, 6.07) is 6.70. The standard InChI is InChI=1S/C13H18FN3/c1-17(12-8-4-5-10(14)9-12)13(15)16-11-6-2-3-7-11/h4-5,8-9,11H,2-3,6-7H2,1H3,(H2,15,16). The number of benzene rings is 1. The smallest absolute Gasteiger partial charge is 0.195 e. The van der Waals surface area contributed by atoms with Crippen LogP contribution in [0.2, 0.25) is 0 Å². The highest BCUT2D eigenvalue weighted by molar-refractivity contribution is 5.94. The number of halogens is 1. The Bertz CT molecular complexity index is 411. The molecule has 1 fully saturated rings. The lowest BCUT2D eigenvalue weighted by atomic mass is 10.2. The highest BCUT2D eigenvalue weighted by Gasteiger charge is 2.15. The van der Waals surface area contributed by atoms with Crippen molar-refractivity contribution in [1.82, 2.24) is 0 Å². The summed E-state index contributed by atoms with van der Waals surface area (Å²) in [5.41, 5.74) is 6.66. The van der Waals surface area contributed by atoms with E-state index in [0.717, 1.165) is 18.5 Å². The fraction of sp³-hybridized carbons (Fsp3) is 0.462. The molecule has 0 atom stereocenters. The third kappa shape index (κ3) is 2.96. The molecule has 2 rings (SSSR count). The molecular weight excluding hydrogens is 217 g/mol. The molecule has 1 saturated carbocycles. The van der Waals surface area contributed by atoms with Gasteiger partial charge >= 0.3 is 0 Å². The molecule has 1 aromatic rings. The van der Waals surface area contributed by atoms with E-state index < -0.39 is 0 Å². The monoisotopic (exact) mass is 235 g/mol. The Hall–Kier alpha value is -1.58. The molecule has 92 valence electrons. The van der Waals surface area contributed by atoms with E-state index in [9.17, 15) is 4.39 Å². The first-order chi connectivity index (χ1) is 8.16. The SMILES string of the molecule is CN(C(N)=NC1CCCC1)c1cccc(F)c1. The zero-order valence-electron chi connectivity index (χ0n) is 10.1. The maximum atomic E-state index is 13.1. The lowest BCUT2D eigenvalue weighted by molar-refractivity contribution is 0.628. The molecular formula is C13H18FN3. The van der Waals surface area contributed by atoms with Crippen LogP contribution in [0.1, 0.15) is 25.7 Å². The first-order valence-corrected chi connectivity index (χ1v) is 5.99. The van der Waals surface area contributed by atoms with Gasteiger partial charge < -0.3 is 10.6 Å². The molecule has 1 aromatic carbocycles. The molecule has 0 aliphatic heterocycles. The fourth-order valence-electron chi connectivity index (χ4n) is 2.12. The predicted molar refractivity (Wildman–Crippen MR) is 68.7 cm³/mol. The van der Waals surface area contributed by atoms with Gasteiger partial charge in [0.2, 0.25) is 0 Å². The summed E-state index contributed by atoms with van der Waals surface area (Å²) in [6.45, 7) is 0. The number of aliphatic imine (C=N–C) groups is 1. The Morgan fingerprint density at radius 2 is 2.12 bits per heavy atom. The first-order valence-electron chi connectivity index (χ1n) is 5.99. The highest BCUT2D eigenvalue weighted by Crippen LogP contribution is 2.21. The lowest BCUT2D eigenvalue weighted by Crippen LogP contribution is -2.35. The summed E-state index contributed by atoms with van der Waals surface area (Å²) < 4.78 is 13.1. The zero-order valence-corrected chi connectivity index (χ0v) is 10.1. The lowest BCUT2D eigenvalue weighted by Gasteiger charge is -2.19. The van der Waals surface area contributed by atoms with Gasteiger partial charge in [-0.25, -0.2) is 9.38 Å². The van der Waals surface area contributed by atoms with Gasteiger partial charge in [0, 0.05) is 12.7 Å². The summed E-state index contributed by atoms with van der Waals surface area (Å²) in [5.74, 6) is 0.200. The van der Waals surface area contributed by atoms with Crippen LogP contribution in [0, 0.1) is 5.82 Å². The number of guanidine groups is 1. The number of anilines is 1. The number of nitrogens with two attached hydrogens (primary N) is 1. The van der Waals surface area contributed by atoms with Gasteiger partial charge in [0.05, 0.1) is 6.04 Å². The van der Waals surface area contributed by atoms with Gasteiger partial charge in [0.15, 0.2) is 5.96 Å². The average molecular weight is 235 g/mol. The predicted octanol–water partition coefficient (Wildman–Crippen LogP) is 2.52. The van der Waals surface area contributed by atoms with Crippen molar-refractivity contribution in [3.8, 4) is 0 Å². The van der Waals surface area contributed by atoms with Crippen LogP contribution in [0.15, 0.2) is 29.3 Å². The van der Waals surface area contributed by atoms with Crippen molar-refractivity contribution in [2.75, 3.05) is 11.9 Å². The molecule has 0 saturated heterocycles. The highest BCUT2D eigenvalue weighted by atomic mass is 19.1. The minimum Gasteiger partial charge on any atom is -0.370 e. The van der Waals surface area contributed by atoms with E-state index in [1.165, 1.54) is 25.0 Å². The van der Waals surface area contributed by atoms with E-state index in [1.54, 1.807) is 11.0 Å². The van der Waals surface area contributed by atoms with Crippen LogP contribution < -0.4 is 10.6 Å². The molecule has 0 spiro atoms. The van der Waals surface area contributed by atoms with Crippen LogP contribution >= 0.6 is 0 Å². The number of rotatable bonds is 2. The van der Waals surface area contributed by atoms with Gasteiger partial charge in [-0.05, 0) is 31.0 Å². The molecule has 0 radical (unpaired) electrons. The van der Waals surface area contributed by atoms with Gasteiger partial charge in [-0.15, -0.1) is 0 Å². The molecule has 0 amide bonds. The number of hydrogen-bond donors (Lipinski definition) is 1. The molecule has 4 heteroatoms. The van der Waals surface area contributed by atoms with Crippen molar-refractivity contribution < 1.29 is 4.39 Å². The normalized spacial score (nSPS) is 17.4. The quantitative estimate of drug-likeness (QED) is 0.632. The van der Waals surface area contributed by atoms with Crippen molar-refractivity contribution in [3.05, 3.63) is 30.1 Å². The van der Waals surface area contributed by atoms with Gasteiger partial charge in [0.1, 0.15) is 5.82 Å². The van der Waals surface area contributed by atoms with Gasteiger partial charge in [0.25, 0.3) is 0 Å². The second kappa shape index (κ2) is 5.17. The van der Waals surface area contributed by atoms with Gasteiger partial charge in [-0.1, -0.05) is 18.9 Å². The van der Waals surface area contributed by atoms with Gasteiger partial charge in [-0.3, -0.25) is 0 Å². The minimum atomic E-state index is -0.261. The molecule has 0 bridgehead atoms. The Morgan fingerprint density at radius 3 is 2.76 bits per heavy atom. The average Bonchev–Trinajstić information content (AvgIpc) is 2.80. The van der Waals surface area contributed by atoms with Crippen LogP contribution in [0.25, 0.3) is 0 Å². The van der Waals surface area contributed by atoms with Crippen molar-refractivity contribution in [2.24, 2.45) is 10.7 Å². The molecule has 2 N–H and O–H groups in total. The third-order valence-electron chi connectivity index (χ3n) is 3.18. The van der Waals surface area contributed by atoms with Crippen LogP contribution in [0.4, 0.5) is 10.1 Å². The topological polar surface area (TPSA) is 41.6 Å². The van der Waals surface area contributed by atoms with E-state index in [2.05, 4.69) is 4.99 Å². The maximum Gasteiger partial charge on any atom is 0.195 e. The van der Waals surface area contributed by atoms with Crippen molar-refractivity contribution >= 4 is 11.6 Å². The Morgan fingerprint density at radius 1 is 1.41 bits per heavy atom. The third-order valence-corrected chi connectivity index (χ3v) is 3.18. The summed E-state index contributed by atoms with van der Waals surface area (Å²) in [5, 5.41) is 0. The summed E-state index contributed by atoms with van der Waals surface area (Å²) >= 11 is 0. The van der Waals surface area contributed by atoms with Crippen LogP contribution in [0.5, 0.6) is 0 Å². The van der Waals surface area contributed by atoms with E-state index in [4.69, 9.17) is 5.73 Å². The fourth-order valence-corrected chi connectivity index (χ4v) is 2.12. The van der Waals surface area contributed by atoms with Crippen molar-refractivity contribution in [3.63, 3.8) is 0 Å². The van der Waals surface area contributed by atoms with E-state index in [1.807, 2.05) is 13.1 Å². The Labute approximate surface area is 101 Å². The number of hydrogen-bond acceptors (Lipinski definition) is 1. The molecule has 1 aliphatic rings. The largest absolute Gasteiger partial charge is 0.370 e. The summed E-state index contributed by atoms with van der Waals surface area (Å²) in [6.07, 6.45) is 4.67. The second-order valence-electron chi connectivity index (χ2n) is 4.46. The van der Waals surface area contributed by atoms with E-state index in [-0.39, 0.29) is 5.82 Å². The maximum absolute atomic E-state index is 13.1. The summed E-state index contributed by atoms with van der Waals surface area (Å²) in [4.78, 5) is 6.20. The Kier molecular flexibility index (Phi) is 3.61. The zero-order chi connectivity index (χ0) is 12.3. The molecule has 0 heterocycles. The minimum absolute atomic E-state index is 0.261. The second-order valence-corrected chi connectivity index (χ2v) is 4.46. The molecule has 0 aromatic heterocycles. The van der Waals surface area contributed by atoms with Gasteiger partial charge in [-0.2, -0.15) is 0 Å². The molecule has 17 heavy (non-hydrogen) atoms. The number of nitrogens with zero attached hydrogens (tertiary/aromatic N) is 2. The van der Waals surface area contributed by atoms with Crippen molar-refractivity contribution in [2.45, 2.75) is 31.7 Å². The van der Waals surface area contributed by atoms with Crippen LogP contribution in [-0.2, 0) is 0 Å². The molecule has 1 aliphatic carbocycles. The molecule has 3 nitrogen and oxygen atoms in total. The summed E-state index contributed by atoms with van der Waals surface area (Å²) in [7, 11) is 1.81. The van der Waals surface area contributed by atoms with E-state index in [0.29, 0.717) is 12.0 Å².